The Morgan fingerprint density at radius 2 is 2.20 bits per heavy atom. The van der Waals surface area contributed by atoms with Crippen LogP contribution in [0.5, 0.6) is 0 Å². The number of anilines is 2. The van der Waals surface area contributed by atoms with Crippen LogP contribution in [0, 0.1) is 10.1 Å². The van der Waals surface area contributed by atoms with Crippen molar-refractivity contribution in [3.8, 4) is 0 Å². The molecule has 0 bridgehead atoms. The number of pyridine rings is 1. The van der Waals surface area contributed by atoms with Gasteiger partial charge in [-0.1, -0.05) is 0 Å². The molecule has 0 atom stereocenters. The van der Waals surface area contributed by atoms with Gasteiger partial charge in [-0.05, 0) is 6.07 Å². The number of nitrogens with two attached hydrogens (primary N) is 1. The normalized spacial score (nSPS) is 10.1. The molecule has 1 aromatic heterocycles. The van der Waals surface area contributed by atoms with Gasteiger partial charge >= 0.3 is 5.69 Å². The number of nitrogen functional groups attached to an aromatic ring is 1. The van der Waals surface area contributed by atoms with Crippen molar-refractivity contribution in [3.05, 3.63) is 22.2 Å². The largest absolute Gasteiger partial charge is 0.312 e. The first kappa shape index (κ1) is 11.1. The molecule has 1 heterocycles. The van der Waals surface area contributed by atoms with E-state index in [0.717, 1.165) is 0 Å². The fourth-order valence-corrected chi connectivity index (χ4v) is 0.974. The highest BCUT2D eigenvalue weighted by molar-refractivity contribution is 5.59. The first-order chi connectivity index (χ1) is 7.04. The van der Waals surface area contributed by atoms with Gasteiger partial charge in [-0.25, -0.2) is 15.8 Å². The molecular weight excluding hydrogens is 200 g/mol. The lowest BCUT2D eigenvalue weighted by Crippen LogP contribution is -2.22. The first-order valence-corrected chi connectivity index (χ1v) is 4.10. The summed E-state index contributed by atoms with van der Waals surface area (Å²) in [5.41, 5.74) is 4.92. The van der Waals surface area contributed by atoms with E-state index < -0.39 is 4.92 Å². The molecule has 0 aromatic carbocycles. The van der Waals surface area contributed by atoms with E-state index in [2.05, 4.69) is 15.8 Å². The smallest absolute Gasteiger partial charge is 0.308 e. The highest BCUT2D eigenvalue weighted by Crippen LogP contribution is 2.23. The second-order valence-electron chi connectivity index (χ2n) is 2.97. The van der Waals surface area contributed by atoms with E-state index in [-0.39, 0.29) is 11.5 Å². The van der Waals surface area contributed by atoms with Crippen molar-refractivity contribution < 1.29 is 4.92 Å². The molecule has 0 amide bonds. The van der Waals surface area contributed by atoms with Crippen molar-refractivity contribution in [2.75, 3.05) is 24.9 Å². The molecule has 0 aliphatic heterocycles. The Balaban J connectivity index is 3.10. The standard InChI is InChI=1S/C7H12N6O2/c1-12(2)11-7-5(13(14)15)3-4-6(9-7)10-8/h3-4H,8H2,1-2H3,(H2,9,10,11). The van der Waals surface area contributed by atoms with E-state index in [1.807, 2.05) is 0 Å². The molecule has 8 heteroatoms. The maximum absolute atomic E-state index is 10.7. The average Bonchev–Trinajstić information content (AvgIpc) is 2.16. The van der Waals surface area contributed by atoms with Crippen molar-refractivity contribution in [1.29, 1.82) is 0 Å². The van der Waals surface area contributed by atoms with Gasteiger partial charge in [-0.15, -0.1) is 0 Å². The van der Waals surface area contributed by atoms with E-state index in [4.69, 9.17) is 5.84 Å². The lowest BCUT2D eigenvalue weighted by atomic mass is 10.4. The number of aromatic nitrogens is 1. The summed E-state index contributed by atoms with van der Waals surface area (Å²) in [6, 6.07) is 2.76. The van der Waals surface area contributed by atoms with E-state index in [1.165, 1.54) is 12.1 Å². The zero-order valence-electron chi connectivity index (χ0n) is 8.39. The zero-order chi connectivity index (χ0) is 11.4. The molecule has 1 rings (SSSR count). The second-order valence-corrected chi connectivity index (χ2v) is 2.97. The van der Waals surface area contributed by atoms with Crippen molar-refractivity contribution in [3.63, 3.8) is 0 Å². The molecule has 0 unspecified atom stereocenters. The van der Waals surface area contributed by atoms with Crippen LogP contribution in [0.1, 0.15) is 0 Å². The van der Waals surface area contributed by atoms with Crippen LogP contribution in [0.15, 0.2) is 12.1 Å². The molecular formula is C7H12N6O2. The van der Waals surface area contributed by atoms with Gasteiger partial charge in [0.05, 0.1) is 4.92 Å². The predicted molar refractivity (Wildman–Crippen MR) is 56.0 cm³/mol. The van der Waals surface area contributed by atoms with Crippen LogP contribution in [0.4, 0.5) is 17.3 Å². The third kappa shape index (κ3) is 2.76. The summed E-state index contributed by atoms with van der Waals surface area (Å²) in [6.45, 7) is 0. The van der Waals surface area contributed by atoms with Crippen LogP contribution in [0.2, 0.25) is 0 Å². The lowest BCUT2D eigenvalue weighted by Gasteiger charge is -2.13. The molecule has 0 aliphatic carbocycles. The maximum Gasteiger partial charge on any atom is 0.312 e. The number of nitrogens with one attached hydrogen (secondary N) is 2. The summed E-state index contributed by atoms with van der Waals surface area (Å²) >= 11 is 0. The van der Waals surface area contributed by atoms with Crippen molar-refractivity contribution in [2.45, 2.75) is 0 Å². The van der Waals surface area contributed by atoms with Gasteiger partial charge in [0, 0.05) is 20.2 Å². The highest BCUT2D eigenvalue weighted by Gasteiger charge is 2.15. The SMILES string of the molecule is CN(C)Nc1nc(NN)ccc1[N+](=O)[O-]. The Kier molecular flexibility index (Phi) is 3.37. The summed E-state index contributed by atoms with van der Waals surface area (Å²) in [4.78, 5) is 14.1. The number of rotatable bonds is 4. The molecule has 15 heavy (non-hydrogen) atoms. The average molecular weight is 212 g/mol. The Labute approximate surface area is 86.2 Å². The molecule has 4 N–H and O–H groups in total. The molecule has 0 radical (unpaired) electrons. The van der Waals surface area contributed by atoms with Crippen LogP contribution in [-0.4, -0.2) is 29.0 Å². The number of nitro groups is 1. The first-order valence-electron chi connectivity index (χ1n) is 4.10. The van der Waals surface area contributed by atoms with Gasteiger partial charge in [0.15, 0.2) is 0 Å². The van der Waals surface area contributed by atoms with Crippen LogP contribution in [-0.2, 0) is 0 Å². The van der Waals surface area contributed by atoms with Gasteiger partial charge < -0.3 is 5.43 Å². The number of hydrogen-bond acceptors (Lipinski definition) is 7. The van der Waals surface area contributed by atoms with E-state index in [1.54, 1.807) is 19.1 Å². The second kappa shape index (κ2) is 4.53. The number of nitrogens with zero attached hydrogens (tertiary/aromatic N) is 3. The van der Waals surface area contributed by atoms with Crippen LogP contribution in [0.3, 0.4) is 0 Å². The lowest BCUT2D eigenvalue weighted by molar-refractivity contribution is -0.384. The molecule has 0 spiro atoms. The predicted octanol–water partition coefficient (Wildman–Crippen LogP) is 0.164. The van der Waals surface area contributed by atoms with Gasteiger partial charge in [0.1, 0.15) is 5.82 Å². The monoisotopic (exact) mass is 212 g/mol. The van der Waals surface area contributed by atoms with E-state index in [9.17, 15) is 10.1 Å². The van der Waals surface area contributed by atoms with Crippen molar-refractivity contribution >= 4 is 17.3 Å². The fraction of sp³-hybridized carbons (Fsp3) is 0.286. The molecule has 0 fully saturated rings. The minimum atomic E-state index is -0.515. The van der Waals surface area contributed by atoms with Gasteiger partial charge in [-0.2, -0.15) is 0 Å². The number of hydrazine groups is 2. The topological polar surface area (TPSA) is 109 Å². The summed E-state index contributed by atoms with van der Waals surface area (Å²) in [6.07, 6.45) is 0. The number of hydrogen-bond donors (Lipinski definition) is 3. The Morgan fingerprint density at radius 1 is 1.53 bits per heavy atom. The summed E-state index contributed by atoms with van der Waals surface area (Å²) in [7, 11) is 3.40. The molecule has 8 nitrogen and oxygen atoms in total. The van der Waals surface area contributed by atoms with E-state index in [0.29, 0.717) is 5.82 Å². The Hall–Kier alpha value is -1.93. The summed E-state index contributed by atoms with van der Waals surface area (Å²) < 4.78 is 0. The fourth-order valence-electron chi connectivity index (χ4n) is 0.974. The van der Waals surface area contributed by atoms with Gasteiger partial charge in [0.25, 0.3) is 0 Å². The third-order valence-corrected chi connectivity index (χ3v) is 1.55. The maximum atomic E-state index is 10.7. The summed E-state index contributed by atoms with van der Waals surface area (Å²) in [5.74, 6) is 5.64. The highest BCUT2D eigenvalue weighted by atomic mass is 16.6. The Bertz CT molecular complexity index is 366. The van der Waals surface area contributed by atoms with Crippen LogP contribution in [0.25, 0.3) is 0 Å². The van der Waals surface area contributed by atoms with Gasteiger partial charge in [0.2, 0.25) is 5.82 Å². The summed E-state index contributed by atoms with van der Waals surface area (Å²) in [5, 5.41) is 12.2. The molecule has 0 saturated heterocycles. The zero-order valence-corrected chi connectivity index (χ0v) is 8.39. The third-order valence-electron chi connectivity index (χ3n) is 1.55. The van der Waals surface area contributed by atoms with Gasteiger partial charge in [-0.3, -0.25) is 15.5 Å². The van der Waals surface area contributed by atoms with Crippen molar-refractivity contribution in [2.24, 2.45) is 5.84 Å². The van der Waals surface area contributed by atoms with Crippen LogP contribution >= 0.6 is 0 Å². The molecule has 0 aliphatic rings. The minimum Gasteiger partial charge on any atom is -0.308 e. The molecule has 1 aromatic rings. The quantitative estimate of drug-likeness (QED) is 0.370. The Morgan fingerprint density at radius 3 is 2.67 bits per heavy atom. The van der Waals surface area contributed by atoms with Crippen LogP contribution < -0.4 is 16.7 Å². The molecule has 82 valence electrons. The minimum absolute atomic E-state index is 0.109. The van der Waals surface area contributed by atoms with Crippen molar-refractivity contribution in [1.82, 2.24) is 9.99 Å². The van der Waals surface area contributed by atoms with E-state index >= 15 is 0 Å². The molecule has 0 saturated carbocycles.